The summed E-state index contributed by atoms with van der Waals surface area (Å²) in [5.41, 5.74) is 0. The largest absolute Gasteiger partial charge is 0.347 e. The zero-order valence-electron chi connectivity index (χ0n) is 12.5. The molecule has 7 nitrogen and oxygen atoms in total. The number of anilines is 1. The standard InChI is InChI=1S/C12H20N6OS/c1-6-9-13-10(19-16-9)7-20-12-15-14-11(17(4)5)18(12)8(2)3/h8H,6-7H2,1-5H3. The number of nitrogens with zero attached hydrogens (tertiary/aromatic N) is 6. The minimum absolute atomic E-state index is 0.291. The molecule has 0 atom stereocenters. The molecule has 2 heterocycles. The van der Waals surface area contributed by atoms with E-state index >= 15 is 0 Å². The van der Waals surface area contributed by atoms with Crippen LogP contribution in [0.1, 0.15) is 38.5 Å². The van der Waals surface area contributed by atoms with Gasteiger partial charge in [-0.3, -0.25) is 4.57 Å². The molecule has 0 N–H and O–H groups in total. The number of aromatic nitrogens is 5. The summed E-state index contributed by atoms with van der Waals surface area (Å²) in [7, 11) is 3.92. The first-order valence-electron chi connectivity index (χ1n) is 6.59. The fourth-order valence-corrected chi connectivity index (χ4v) is 2.64. The second-order valence-corrected chi connectivity index (χ2v) is 5.83. The van der Waals surface area contributed by atoms with Gasteiger partial charge in [0.15, 0.2) is 11.0 Å². The van der Waals surface area contributed by atoms with Gasteiger partial charge in [0.25, 0.3) is 0 Å². The molecule has 0 fully saturated rings. The molecule has 0 radical (unpaired) electrons. The topological polar surface area (TPSA) is 72.9 Å². The van der Waals surface area contributed by atoms with Gasteiger partial charge in [-0.2, -0.15) is 4.98 Å². The molecular weight excluding hydrogens is 276 g/mol. The summed E-state index contributed by atoms with van der Waals surface area (Å²) < 4.78 is 7.28. The number of hydrogen-bond acceptors (Lipinski definition) is 7. The van der Waals surface area contributed by atoms with E-state index in [2.05, 4.69) is 38.8 Å². The van der Waals surface area contributed by atoms with E-state index in [9.17, 15) is 0 Å². The SMILES string of the molecule is CCc1noc(CSc2nnc(N(C)C)n2C(C)C)n1. The van der Waals surface area contributed by atoms with Crippen molar-refractivity contribution in [3.05, 3.63) is 11.7 Å². The van der Waals surface area contributed by atoms with Crippen LogP contribution in [0, 0.1) is 0 Å². The summed E-state index contributed by atoms with van der Waals surface area (Å²) >= 11 is 1.56. The zero-order valence-corrected chi connectivity index (χ0v) is 13.3. The van der Waals surface area contributed by atoms with Crippen molar-refractivity contribution < 1.29 is 4.52 Å². The van der Waals surface area contributed by atoms with Gasteiger partial charge in [-0.25, -0.2) is 0 Å². The Morgan fingerprint density at radius 3 is 2.60 bits per heavy atom. The molecule has 2 rings (SSSR count). The summed E-state index contributed by atoms with van der Waals surface area (Å²) in [6.07, 6.45) is 0.779. The molecule has 0 unspecified atom stereocenters. The van der Waals surface area contributed by atoms with Crippen molar-refractivity contribution in [2.45, 2.75) is 44.1 Å². The quantitative estimate of drug-likeness (QED) is 0.756. The smallest absolute Gasteiger partial charge is 0.237 e. The van der Waals surface area contributed by atoms with E-state index in [1.54, 1.807) is 11.8 Å². The van der Waals surface area contributed by atoms with Crippen LogP contribution in [0.5, 0.6) is 0 Å². The Morgan fingerprint density at radius 2 is 2.05 bits per heavy atom. The van der Waals surface area contributed by atoms with Crippen molar-refractivity contribution in [3.63, 3.8) is 0 Å². The van der Waals surface area contributed by atoms with E-state index in [0.29, 0.717) is 17.7 Å². The summed E-state index contributed by atoms with van der Waals surface area (Å²) in [5, 5.41) is 13.2. The van der Waals surface area contributed by atoms with E-state index < -0.39 is 0 Å². The summed E-state index contributed by atoms with van der Waals surface area (Å²) in [5.74, 6) is 2.81. The number of thioether (sulfide) groups is 1. The highest BCUT2D eigenvalue weighted by atomic mass is 32.2. The van der Waals surface area contributed by atoms with Gasteiger partial charge in [0.2, 0.25) is 11.8 Å². The van der Waals surface area contributed by atoms with Crippen LogP contribution in [0.15, 0.2) is 9.68 Å². The molecule has 0 saturated heterocycles. The Morgan fingerprint density at radius 1 is 1.30 bits per heavy atom. The normalized spacial score (nSPS) is 11.3. The molecular formula is C12H20N6OS. The maximum Gasteiger partial charge on any atom is 0.237 e. The second-order valence-electron chi connectivity index (χ2n) is 4.89. The molecule has 0 bridgehead atoms. The summed E-state index contributed by atoms with van der Waals surface area (Å²) in [6, 6.07) is 0.291. The van der Waals surface area contributed by atoms with Crippen LogP contribution in [0.2, 0.25) is 0 Å². The van der Waals surface area contributed by atoms with Crippen LogP contribution in [-0.4, -0.2) is 39.0 Å². The molecule has 20 heavy (non-hydrogen) atoms. The minimum Gasteiger partial charge on any atom is -0.347 e. The fraction of sp³-hybridized carbons (Fsp3) is 0.667. The monoisotopic (exact) mass is 296 g/mol. The van der Waals surface area contributed by atoms with Crippen molar-refractivity contribution in [1.29, 1.82) is 0 Å². The third-order valence-electron chi connectivity index (χ3n) is 2.71. The van der Waals surface area contributed by atoms with E-state index in [1.807, 2.05) is 25.9 Å². The first-order chi connectivity index (χ1) is 9.52. The third-order valence-corrected chi connectivity index (χ3v) is 3.64. The van der Waals surface area contributed by atoms with E-state index in [4.69, 9.17) is 4.52 Å². The fourth-order valence-electron chi connectivity index (χ4n) is 1.74. The van der Waals surface area contributed by atoms with Crippen molar-refractivity contribution in [2.24, 2.45) is 0 Å². The summed E-state index contributed by atoms with van der Waals surface area (Å²) in [4.78, 5) is 6.25. The van der Waals surface area contributed by atoms with Crippen LogP contribution < -0.4 is 4.90 Å². The molecule has 0 aromatic carbocycles. The number of rotatable bonds is 6. The van der Waals surface area contributed by atoms with Gasteiger partial charge in [-0.1, -0.05) is 23.8 Å². The van der Waals surface area contributed by atoms with Gasteiger partial charge in [0.1, 0.15) is 0 Å². The van der Waals surface area contributed by atoms with Crippen LogP contribution in [-0.2, 0) is 12.2 Å². The van der Waals surface area contributed by atoms with E-state index in [-0.39, 0.29) is 0 Å². The highest BCUT2D eigenvalue weighted by Gasteiger charge is 2.17. The minimum atomic E-state index is 0.291. The van der Waals surface area contributed by atoms with Crippen LogP contribution in [0.4, 0.5) is 5.95 Å². The lowest BCUT2D eigenvalue weighted by Gasteiger charge is -2.17. The van der Waals surface area contributed by atoms with Gasteiger partial charge in [-0.05, 0) is 13.8 Å². The summed E-state index contributed by atoms with van der Waals surface area (Å²) in [6.45, 7) is 6.23. The van der Waals surface area contributed by atoms with Crippen LogP contribution in [0.3, 0.4) is 0 Å². The molecule has 2 aromatic rings. The molecule has 110 valence electrons. The molecule has 0 amide bonds. The first-order valence-corrected chi connectivity index (χ1v) is 7.58. The molecule has 0 saturated carbocycles. The van der Waals surface area contributed by atoms with E-state index in [1.165, 1.54) is 0 Å². The van der Waals surface area contributed by atoms with Crippen molar-refractivity contribution in [1.82, 2.24) is 24.9 Å². The zero-order chi connectivity index (χ0) is 14.7. The van der Waals surface area contributed by atoms with Crippen LogP contribution >= 0.6 is 11.8 Å². The maximum atomic E-state index is 5.18. The van der Waals surface area contributed by atoms with Gasteiger partial charge in [-0.15, -0.1) is 10.2 Å². The molecule has 0 aliphatic carbocycles. The van der Waals surface area contributed by atoms with Gasteiger partial charge >= 0.3 is 0 Å². The lowest BCUT2D eigenvalue weighted by atomic mass is 10.4. The Balaban J connectivity index is 2.13. The molecule has 0 aliphatic heterocycles. The second kappa shape index (κ2) is 6.25. The Bertz CT molecular complexity index is 562. The maximum absolute atomic E-state index is 5.18. The Labute approximate surface area is 122 Å². The average Bonchev–Trinajstić information content (AvgIpc) is 3.02. The van der Waals surface area contributed by atoms with Gasteiger partial charge in [0.05, 0.1) is 5.75 Å². The predicted octanol–water partition coefficient (Wildman–Crippen LogP) is 2.16. The number of aryl methyl sites for hydroxylation is 1. The number of hydrogen-bond donors (Lipinski definition) is 0. The average molecular weight is 296 g/mol. The Kier molecular flexibility index (Phi) is 4.64. The molecule has 8 heteroatoms. The van der Waals surface area contributed by atoms with Gasteiger partial charge in [0, 0.05) is 26.6 Å². The first kappa shape index (κ1) is 14.8. The lowest BCUT2D eigenvalue weighted by Crippen LogP contribution is -2.17. The van der Waals surface area contributed by atoms with E-state index in [0.717, 1.165) is 23.4 Å². The van der Waals surface area contributed by atoms with Crippen LogP contribution in [0.25, 0.3) is 0 Å². The van der Waals surface area contributed by atoms with Crippen molar-refractivity contribution in [3.8, 4) is 0 Å². The molecule has 2 aromatic heterocycles. The predicted molar refractivity (Wildman–Crippen MR) is 78.0 cm³/mol. The van der Waals surface area contributed by atoms with Crippen molar-refractivity contribution in [2.75, 3.05) is 19.0 Å². The van der Waals surface area contributed by atoms with Crippen molar-refractivity contribution >= 4 is 17.7 Å². The third kappa shape index (κ3) is 3.12. The highest BCUT2D eigenvalue weighted by molar-refractivity contribution is 7.98. The van der Waals surface area contributed by atoms with Gasteiger partial charge < -0.3 is 9.42 Å². The molecule has 0 aliphatic rings. The Hall–Kier alpha value is -1.57. The highest BCUT2D eigenvalue weighted by Crippen LogP contribution is 2.27. The molecule has 0 spiro atoms. The lowest BCUT2D eigenvalue weighted by molar-refractivity contribution is 0.385.